The molecular weight excluding hydrogens is 425 g/mol. The van der Waals surface area contributed by atoms with Gasteiger partial charge in [-0.2, -0.15) is 0 Å². The molecule has 32 heavy (non-hydrogen) atoms. The summed E-state index contributed by atoms with van der Waals surface area (Å²) in [5.74, 6) is 0.279. The monoisotopic (exact) mass is 443 g/mol. The molecule has 5 rings (SSSR count). The van der Waals surface area contributed by atoms with Crippen molar-refractivity contribution >= 4 is 21.6 Å². The van der Waals surface area contributed by atoms with Crippen molar-refractivity contribution in [2.75, 3.05) is 7.11 Å². The van der Waals surface area contributed by atoms with Crippen molar-refractivity contribution in [1.82, 2.24) is 4.98 Å². The molecule has 4 nitrogen and oxygen atoms in total. The van der Waals surface area contributed by atoms with Crippen molar-refractivity contribution in [3.05, 3.63) is 94.3 Å². The van der Waals surface area contributed by atoms with E-state index in [1.54, 1.807) is 31.4 Å². The Bertz CT molecular complexity index is 1490. The highest BCUT2D eigenvalue weighted by Gasteiger charge is 2.19. The van der Waals surface area contributed by atoms with Crippen LogP contribution < -0.4 is 10.3 Å². The fraction of sp³-hybridized carbons (Fsp3) is 0.0385. The van der Waals surface area contributed by atoms with Crippen molar-refractivity contribution in [3.8, 4) is 44.9 Å². The Kier molecular flexibility index (Phi) is 4.99. The van der Waals surface area contributed by atoms with E-state index in [1.807, 2.05) is 41.8 Å². The maximum Gasteiger partial charge on any atom is 0.260 e. The lowest BCUT2D eigenvalue weighted by Crippen LogP contribution is -2.08. The van der Waals surface area contributed by atoms with E-state index in [2.05, 4.69) is 4.98 Å². The van der Waals surface area contributed by atoms with Crippen LogP contribution in [0.4, 0.5) is 4.39 Å². The van der Waals surface area contributed by atoms with E-state index in [-0.39, 0.29) is 22.7 Å². The molecule has 0 aliphatic heterocycles. The van der Waals surface area contributed by atoms with E-state index in [4.69, 9.17) is 4.74 Å². The van der Waals surface area contributed by atoms with Gasteiger partial charge in [0.05, 0.1) is 18.1 Å². The van der Waals surface area contributed by atoms with Crippen molar-refractivity contribution in [2.24, 2.45) is 0 Å². The van der Waals surface area contributed by atoms with E-state index in [9.17, 15) is 14.3 Å². The first kappa shape index (κ1) is 20.0. The van der Waals surface area contributed by atoms with Crippen LogP contribution in [0.2, 0.25) is 0 Å². The molecular formula is C26H18FNO3S. The van der Waals surface area contributed by atoms with Gasteiger partial charge < -0.3 is 14.8 Å². The fourth-order valence-corrected chi connectivity index (χ4v) is 4.86. The molecule has 0 saturated carbocycles. The van der Waals surface area contributed by atoms with Crippen molar-refractivity contribution in [1.29, 1.82) is 0 Å². The maximum atomic E-state index is 13.3. The van der Waals surface area contributed by atoms with E-state index < -0.39 is 0 Å². The largest absolute Gasteiger partial charge is 0.506 e. The Labute approximate surface area is 187 Å². The third-order valence-corrected chi connectivity index (χ3v) is 6.34. The van der Waals surface area contributed by atoms with Gasteiger partial charge in [-0.15, -0.1) is 11.3 Å². The van der Waals surface area contributed by atoms with Crippen LogP contribution in [0.3, 0.4) is 0 Å². The van der Waals surface area contributed by atoms with E-state index >= 15 is 0 Å². The number of aromatic nitrogens is 1. The zero-order valence-electron chi connectivity index (χ0n) is 17.1. The highest BCUT2D eigenvalue weighted by molar-refractivity contribution is 7.17. The first-order valence-corrected chi connectivity index (χ1v) is 10.8. The zero-order valence-corrected chi connectivity index (χ0v) is 17.9. The lowest BCUT2D eigenvalue weighted by molar-refractivity contribution is 0.416. The van der Waals surface area contributed by atoms with E-state index in [0.29, 0.717) is 21.5 Å². The zero-order chi connectivity index (χ0) is 22.2. The second-order valence-electron chi connectivity index (χ2n) is 7.32. The molecule has 0 spiro atoms. The summed E-state index contributed by atoms with van der Waals surface area (Å²) in [4.78, 5) is 16.2. The van der Waals surface area contributed by atoms with Crippen LogP contribution >= 0.6 is 11.3 Å². The average molecular weight is 443 g/mol. The number of aromatic amines is 1. The second kappa shape index (κ2) is 7.98. The predicted octanol–water partition coefficient (Wildman–Crippen LogP) is 6.44. The van der Waals surface area contributed by atoms with Gasteiger partial charge in [0, 0.05) is 16.5 Å². The first-order valence-electron chi connectivity index (χ1n) is 9.93. The summed E-state index contributed by atoms with van der Waals surface area (Å²) in [5, 5.41) is 13.6. The van der Waals surface area contributed by atoms with Crippen LogP contribution in [-0.2, 0) is 0 Å². The van der Waals surface area contributed by atoms with Crippen molar-refractivity contribution in [3.63, 3.8) is 0 Å². The quantitative estimate of drug-likeness (QED) is 0.336. The van der Waals surface area contributed by atoms with E-state index in [1.165, 1.54) is 23.5 Å². The number of thiophene rings is 1. The number of fused-ring (bicyclic) bond motifs is 1. The van der Waals surface area contributed by atoms with Crippen LogP contribution in [-0.4, -0.2) is 17.2 Å². The Morgan fingerprint density at radius 2 is 1.62 bits per heavy atom. The molecule has 6 heteroatoms. The number of halogens is 1. The topological polar surface area (TPSA) is 62.3 Å². The summed E-state index contributed by atoms with van der Waals surface area (Å²) >= 11 is 1.36. The number of hydrogen-bond acceptors (Lipinski definition) is 4. The SMILES string of the molecule is COc1cc(-c2csc3[nH]c(=O)c(-c4ccccc4)c(O)c23)ccc1-c1ccc(F)cc1. The summed E-state index contributed by atoms with van der Waals surface area (Å²) in [7, 11) is 1.58. The van der Waals surface area contributed by atoms with Gasteiger partial charge in [-0.25, -0.2) is 4.39 Å². The molecule has 2 aromatic heterocycles. The number of hydrogen-bond donors (Lipinski definition) is 2. The molecule has 0 fully saturated rings. The highest BCUT2D eigenvalue weighted by atomic mass is 32.1. The van der Waals surface area contributed by atoms with Gasteiger partial charge in [0.2, 0.25) is 0 Å². The molecule has 5 aromatic rings. The summed E-state index contributed by atoms with van der Waals surface area (Å²) in [6, 6.07) is 21.0. The summed E-state index contributed by atoms with van der Waals surface area (Å²) in [6.07, 6.45) is 0. The highest BCUT2D eigenvalue weighted by Crippen LogP contribution is 2.43. The number of rotatable bonds is 4. The Balaban J connectivity index is 1.68. The van der Waals surface area contributed by atoms with Crippen molar-refractivity contribution < 1.29 is 14.2 Å². The molecule has 2 N–H and O–H groups in total. The molecule has 0 atom stereocenters. The second-order valence-corrected chi connectivity index (χ2v) is 8.20. The Morgan fingerprint density at radius 1 is 0.906 bits per heavy atom. The number of aromatic hydroxyl groups is 1. The normalized spacial score (nSPS) is 11.1. The summed E-state index contributed by atoms with van der Waals surface area (Å²) in [6.45, 7) is 0. The van der Waals surface area contributed by atoms with E-state index in [0.717, 1.165) is 22.3 Å². The lowest BCUT2D eigenvalue weighted by atomic mass is 9.97. The maximum absolute atomic E-state index is 13.3. The van der Waals surface area contributed by atoms with Crippen LogP contribution in [0.15, 0.2) is 83.0 Å². The molecule has 158 valence electrons. The summed E-state index contributed by atoms with van der Waals surface area (Å²) < 4.78 is 18.9. The number of pyridine rings is 1. The number of nitrogens with one attached hydrogen (secondary N) is 1. The fourth-order valence-electron chi connectivity index (χ4n) is 3.89. The van der Waals surface area contributed by atoms with Gasteiger partial charge in [0.1, 0.15) is 22.1 Å². The first-order chi connectivity index (χ1) is 15.6. The molecule has 0 amide bonds. The minimum Gasteiger partial charge on any atom is -0.506 e. The Hall–Kier alpha value is -3.90. The molecule has 3 aromatic carbocycles. The average Bonchev–Trinajstić information content (AvgIpc) is 3.24. The standard InChI is InChI=1S/C26H18FNO3S/c1-31-21-13-17(9-12-19(21)15-7-10-18(27)11-8-15)20-14-32-26-23(20)24(29)22(25(30)28-26)16-5-3-2-4-6-16/h2-14H,1H3,(H2,28,29,30). The van der Waals surface area contributed by atoms with Crippen LogP contribution in [0.25, 0.3) is 43.6 Å². The van der Waals surface area contributed by atoms with Gasteiger partial charge in [-0.05, 0) is 34.9 Å². The lowest BCUT2D eigenvalue weighted by Gasteiger charge is -2.12. The Morgan fingerprint density at radius 3 is 2.34 bits per heavy atom. The van der Waals surface area contributed by atoms with Gasteiger partial charge >= 0.3 is 0 Å². The number of methoxy groups -OCH3 is 1. The van der Waals surface area contributed by atoms with Gasteiger partial charge in [0.15, 0.2) is 0 Å². The summed E-state index contributed by atoms with van der Waals surface area (Å²) in [5.41, 5.74) is 3.85. The predicted molar refractivity (Wildman–Crippen MR) is 127 cm³/mol. The molecule has 2 heterocycles. The van der Waals surface area contributed by atoms with Crippen molar-refractivity contribution in [2.45, 2.75) is 0 Å². The molecule has 0 aliphatic rings. The smallest absolute Gasteiger partial charge is 0.260 e. The van der Waals surface area contributed by atoms with Gasteiger partial charge in [-0.1, -0.05) is 54.6 Å². The van der Waals surface area contributed by atoms with Crippen LogP contribution in [0.5, 0.6) is 11.5 Å². The minimum atomic E-state index is -0.334. The molecule has 0 saturated heterocycles. The third-order valence-electron chi connectivity index (χ3n) is 5.45. The molecule has 0 aliphatic carbocycles. The molecule has 0 unspecified atom stereocenters. The molecule has 0 radical (unpaired) electrons. The number of H-pyrrole nitrogens is 1. The molecule has 0 bridgehead atoms. The van der Waals surface area contributed by atoms with Crippen LogP contribution in [0.1, 0.15) is 0 Å². The number of ether oxygens (including phenoxy) is 1. The van der Waals surface area contributed by atoms with Crippen LogP contribution in [0, 0.1) is 5.82 Å². The third kappa shape index (κ3) is 3.35. The minimum absolute atomic E-state index is 0.0484. The number of benzene rings is 3. The van der Waals surface area contributed by atoms with Gasteiger partial charge in [0.25, 0.3) is 5.56 Å². The van der Waals surface area contributed by atoms with Gasteiger partial charge in [-0.3, -0.25) is 4.79 Å².